The minimum atomic E-state index is -0.245. The lowest BCUT2D eigenvalue weighted by atomic mass is 10.1. The maximum atomic E-state index is 9.59. The van der Waals surface area contributed by atoms with Crippen molar-refractivity contribution in [1.82, 2.24) is 9.78 Å². The number of aromatic nitrogens is 2. The monoisotopic (exact) mass is 329 g/mol. The van der Waals surface area contributed by atoms with Crippen molar-refractivity contribution in [2.75, 3.05) is 19.5 Å². The summed E-state index contributed by atoms with van der Waals surface area (Å²) in [4.78, 5) is 9.59. The lowest BCUT2D eigenvalue weighted by Crippen LogP contribution is -1.95. The summed E-state index contributed by atoms with van der Waals surface area (Å²) in [5, 5.41) is 8.38. The SMILES string of the molecule is CNc1cc(-c2ccc(Cl)c(Cl)c2)n(C)n1.COC(C)=O. The second kappa shape index (κ2) is 7.90. The maximum Gasteiger partial charge on any atom is 0.302 e. The number of hydrogen-bond donors (Lipinski definition) is 1. The van der Waals surface area contributed by atoms with Crippen molar-refractivity contribution in [2.24, 2.45) is 7.05 Å². The normalized spacial score (nSPS) is 9.62. The third kappa shape index (κ3) is 4.95. The van der Waals surface area contributed by atoms with Gasteiger partial charge in [-0.15, -0.1) is 0 Å². The first-order valence-corrected chi connectivity index (χ1v) is 6.86. The van der Waals surface area contributed by atoms with Gasteiger partial charge in [-0.3, -0.25) is 9.48 Å². The van der Waals surface area contributed by atoms with E-state index in [-0.39, 0.29) is 5.97 Å². The van der Waals surface area contributed by atoms with Crippen LogP contribution >= 0.6 is 23.2 Å². The highest BCUT2D eigenvalue weighted by Crippen LogP contribution is 2.29. The van der Waals surface area contributed by atoms with E-state index in [2.05, 4.69) is 15.2 Å². The van der Waals surface area contributed by atoms with Crippen LogP contribution in [0.4, 0.5) is 5.82 Å². The molecular weight excluding hydrogens is 313 g/mol. The van der Waals surface area contributed by atoms with E-state index < -0.39 is 0 Å². The van der Waals surface area contributed by atoms with E-state index in [0.717, 1.165) is 17.1 Å². The molecule has 0 bridgehead atoms. The lowest BCUT2D eigenvalue weighted by molar-refractivity contribution is -0.137. The van der Waals surface area contributed by atoms with Crippen molar-refractivity contribution in [3.05, 3.63) is 34.3 Å². The molecule has 0 atom stereocenters. The van der Waals surface area contributed by atoms with E-state index in [9.17, 15) is 4.79 Å². The number of esters is 1. The Morgan fingerprint density at radius 1 is 1.29 bits per heavy atom. The number of carbonyl (C=O) groups is 1. The van der Waals surface area contributed by atoms with Gasteiger partial charge in [-0.2, -0.15) is 5.10 Å². The predicted octanol–water partition coefficient (Wildman–Crippen LogP) is 3.61. The molecule has 5 nitrogen and oxygen atoms in total. The number of nitrogens with zero attached hydrogens (tertiary/aromatic N) is 2. The van der Waals surface area contributed by atoms with Crippen LogP contribution in [0.2, 0.25) is 10.0 Å². The molecule has 0 fully saturated rings. The van der Waals surface area contributed by atoms with Crippen molar-refractivity contribution in [2.45, 2.75) is 6.92 Å². The van der Waals surface area contributed by atoms with E-state index in [1.807, 2.05) is 32.3 Å². The van der Waals surface area contributed by atoms with Crippen LogP contribution in [0.25, 0.3) is 11.3 Å². The largest absolute Gasteiger partial charge is 0.469 e. The van der Waals surface area contributed by atoms with E-state index in [4.69, 9.17) is 23.2 Å². The minimum absolute atomic E-state index is 0.245. The van der Waals surface area contributed by atoms with Crippen LogP contribution in [0, 0.1) is 0 Å². The molecule has 0 unspecified atom stereocenters. The van der Waals surface area contributed by atoms with Gasteiger partial charge < -0.3 is 10.1 Å². The average molecular weight is 330 g/mol. The summed E-state index contributed by atoms with van der Waals surface area (Å²) in [5.74, 6) is 0.577. The highest BCUT2D eigenvalue weighted by molar-refractivity contribution is 6.42. The fraction of sp³-hybridized carbons (Fsp3) is 0.286. The molecule has 0 saturated heterocycles. The molecule has 114 valence electrons. The van der Waals surface area contributed by atoms with E-state index in [1.54, 1.807) is 10.7 Å². The Labute approximate surface area is 133 Å². The maximum absolute atomic E-state index is 9.59. The zero-order chi connectivity index (χ0) is 16.0. The Hall–Kier alpha value is -1.72. The Bertz CT molecular complexity index is 627. The molecule has 0 aliphatic carbocycles. The van der Waals surface area contributed by atoms with Crippen LogP contribution in [-0.4, -0.2) is 29.9 Å². The van der Waals surface area contributed by atoms with Crippen LogP contribution in [0.3, 0.4) is 0 Å². The molecule has 0 spiro atoms. The van der Waals surface area contributed by atoms with Gasteiger partial charge in [-0.1, -0.05) is 29.3 Å². The number of nitrogens with one attached hydrogen (secondary N) is 1. The molecule has 0 aliphatic rings. The van der Waals surface area contributed by atoms with Gasteiger partial charge in [0.25, 0.3) is 0 Å². The summed E-state index contributed by atoms with van der Waals surface area (Å²) in [6, 6.07) is 7.50. The van der Waals surface area contributed by atoms with Crippen LogP contribution in [0.1, 0.15) is 6.92 Å². The van der Waals surface area contributed by atoms with Gasteiger partial charge in [0.2, 0.25) is 0 Å². The predicted molar refractivity (Wildman–Crippen MR) is 85.9 cm³/mol. The number of aryl methyl sites for hydroxylation is 1. The number of hydrogen-bond acceptors (Lipinski definition) is 4. The zero-order valence-electron chi connectivity index (χ0n) is 12.3. The van der Waals surface area contributed by atoms with Crippen molar-refractivity contribution in [3.8, 4) is 11.3 Å². The summed E-state index contributed by atoms with van der Waals surface area (Å²) in [6.07, 6.45) is 0. The molecule has 1 aromatic carbocycles. The Morgan fingerprint density at radius 2 is 1.90 bits per heavy atom. The summed E-state index contributed by atoms with van der Waals surface area (Å²) >= 11 is 11.9. The Morgan fingerprint density at radius 3 is 2.33 bits per heavy atom. The molecule has 1 heterocycles. The van der Waals surface area contributed by atoms with Crippen LogP contribution < -0.4 is 5.32 Å². The van der Waals surface area contributed by atoms with Crippen molar-refractivity contribution in [1.29, 1.82) is 0 Å². The second-order valence-electron chi connectivity index (χ2n) is 4.11. The molecule has 2 aromatic rings. The quantitative estimate of drug-likeness (QED) is 0.855. The molecule has 1 aromatic heterocycles. The summed E-state index contributed by atoms with van der Waals surface area (Å²) < 4.78 is 5.91. The third-order valence-electron chi connectivity index (χ3n) is 2.64. The van der Waals surface area contributed by atoms with Crippen LogP contribution in [0.15, 0.2) is 24.3 Å². The van der Waals surface area contributed by atoms with Gasteiger partial charge in [-0.05, 0) is 12.1 Å². The van der Waals surface area contributed by atoms with Gasteiger partial charge in [0.15, 0.2) is 0 Å². The summed E-state index contributed by atoms with van der Waals surface area (Å²) in [7, 11) is 5.07. The Kier molecular flexibility index (Phi) is 6.52. The number of ether oxygens (including phenoxy) is 1. The fourth-order valence-corrected chi connectivity index (χ4v) is 1.81. The number of rotatable bonds is 2. The first-order valence-electron chi connectivity index (χ1n) is 6.10. The highest BCUT2D eigenvalue weighted by atomic mass is 35.5. The minimum Gasteiger partial charge on any atom is -0.469 e. The first-order chi connectivity index (χ1) is 9.88. The van der Waals surface area contributed by atoms with E-state index in [0.29, 0.717) is 10.0 Å². The number of methoxy groups -OCH3 is 1. The number of benzene rings is 1. The summed E-state index contributed by atoms with van der Waals surface area (Å²) in [6.45, 7) is 1.36. The number of halogens is 2. The van der Waals surface area contributed by atoms with Gasteiger partial charge in [0.05, 0.1) is 22.8 Å². The van der Waals surface area contributed by atoms with Crippen LogP contribution in [0.5, 0.6) is 0 Å². The zero-order valence-corrected chi connectivity index (χ0v) is 13.8. The molecule has 0 saturated carbocycles. The average Bonchev–Trinajstić information content (AvgIpc) is 2.84. The van der Waals surface area contributed by atoms with E-state index in [1.165, 1.54) is 14.0 Å². The molecule has 1 N–H and O–H groups in total. The van der Waals surface area contributed by atoms with Crippen molar-refractivity contribution < 1.29 is 9.53 Å². The summed E-state index contributed by atoms with van der Waals surface area (Å²) in [5.41, 5.74) is 1.98. The van der Waals surface area contributed by atoms with Gasteiger partial charge in [0.1, 0.15) is 5.82 Å². The number of carbonyl (C=O) groups excluding carboxylic acids is 1. The van der Waals surface area contributed by atoms with Crippen molar-refractivity contribution >= 4 is 35.0 Å². The van der Waals surface area contributed by atoms with Gasteiger partial charge >= 0.3 is 5.97 Å². The van der Waals surface area contributed by atoms with Gasteiger partial charge in [-0.25, -0.2) is 0 Å². The molecule has 0 aliphatic heterocycles. The first kappa shape index (κ1) is 17.3. The fourth-order valence-electron chi connectivity index (χ4n) is 1.52. The highest BCUT2D eigenvalue weighted by Gasteiger charge is 2.08. The molecule has 0 amide bonds. The lowest BCUT2D eigenvalue weighted by Gasteiger charge is -2.03. The molecule has 7 heteroatoms. The van der Waals surface area contributed by atoms with Crippen molar-refractivity contribution in [3.63, 3.8) is 0 Å². The second-order valence-corrected chi connectivity index (χ2v) is 4.93. The molecule has 2 rings (SSSR count). The topological polar surface area (TPSA) is 56.1 Å². The van der Waals surface area contributed by atoms with Gasteiger partial charge in [0, 0.05) is 32.6 Å². The molecular formula is C14H17Cl2N3O2. The smallest absolute Gasteiger partial charge is 0.302 e. The molecule has 21 heavy (non-hydrogen) atoms. The van der Waals surface area contributed by atoms with Crippen LogP contribution in [-0.2, 0) is 16.6 Å². The Balaban J connectivity index is 0.000000383. The standard InChI is InChI=1S/C11H11Cl2N3.C3H6O2/c1-14-11-6-10(16(2)15-11)7-3-4-8(12)9(13)5-7;1-3(4)5-2/h3-6H,1-2H3,(H,14,15);1-2H3. The molecule has 0 radical (unpaired) electrons. The third-order valence-corrected chi connectivity index (χ3v) is 3.38. The van der Waals surface area contributed by atoms with E-state index >= 15 is 0 Å². The number of anilines is 1.